The second kappa shape index (κ2) is 4.94. The van der Waals surface area contributed by atoms with Crippen LogP contribution in [0, 0.1) is 5.41 Å². The summed E-state index contributed by atoms with van der Waals surface area (Å²) < 4.78 is 5.74. The molecule has 0 aromatic heterocycles. The van der Waals surface area contributed by atoms with Gasteiger partial charge in [0.25, 0.3) is 0 Å². The normalized spacial score (nSPS) is 24.5. The largest absolute Gasteiger partial charge is 0.378 e. The molecule has 2 rings (SSSR count). The zero-order chi connectivity index (χ0) is 12.5. The van der Waals surface area contributed by atoms with Crippen molar-refractivity contribution < 1.29 is 9.53 Å². The van der Waals surface area contributed by atoms with Crippen molar-refractivity contribution >= 4 is 5.91 Å². The number of amides is 1. The molecule has 0 spiro atoms. The average molecular weight is 240 g/mol. The van der Waals surface area contributed by atoms with Crippen LogP contribution in [0.1, 0.15) is 26.7 Å². The lowest BCUT2D eigenvalue weighted by molar-refractivity contribution is -0.134. The van der Waals surface area contributed by atoms with Crippen LogP contribution in [0.15, 0.2) is 0 Å². The molecule has 0 radical (unpaired) electrons. The lowest BCUT2D eigenvalue weighted by atomic mass is 10.1. The van der Waals surface area contributed by atoms with Crippen LogP contribution in [-0.2, 0) is 9.53 Å². The maximum absolute atomic E-state index is 11.6. The molecular weight excluding hydrogens is 216 g/mol. The highest BCUT2D eigenvalue weighted by atomic mass is 16.5. The van der Waals surface area contributed by atoms with Crippen LogP contribution in [0.25, 0.3) is 0 Å². The van der Waals surface area contributed by atoms with E-state index in [1.54, 1.807) is 0 Å². The van der Waals surface area contributed by atoms with E-state index in [0.29, 0.717) is 18.1 Å². The Morgan fingerprint density at radius 1 is 1.35 bits per heavy atom. The van der Waals surface area contributed by atoms with Crippen LogP contribution in [0.5, 0.6) is 0 Å². The highest BCUT2D eigenvalue weighted by Gasteiger charge is 2.45. The fraction of sp³-hybridized carbons (Fsp3) is 0.923. The van der Waals surface area contributed by atoms with Gasteiger partial charge < -0.3 is 9.64 Å². The predicted octanol–water partition coefficient (Wildman–Crippen LogP) is 0.966. The van der Waals surface area contributed by atoms with Gasteiger partial charge >= 0.3 is 0 Å². The van der Waals surface area contributed by atoms with Crippen molar-refractivity contribution in [1.29, 1.82) is 0 Å². The maximum Gasteiger partial charge on any atom is 0.236 e. The third-order valence-corrected chi connectivity index (χ3v) is 3.78. The first-order chi connectivity index (χ1) is 8.01. The smallest absolute Gasteiger partial charge is 0.236 e. The van der Waals surface area contributed by atoms with Crippen molar-refractivity contribution in [1.82, 2.24) is 9.80 Å². The number of likely N-dealkylation sites (N-methyl/N-ethyl adjacent to an activating group) is 1. The third kappa shape index (κ3) is 3.42. The Balaban J connectivity index is 1.79. The lowest BCUT2D eigenvalue weighted by Gasteiger charge is -2.34. The molecule has 1 heterocycles. The van der Waals surface area contributed by atoms with E-state index in [0.717, 1.165) is 26.2 Å². The fourth-order valence-corrected chi connectivity index (χ4v) is 2.28. The molecule has 1 aliphatic heterocycles. The van der Waals surface area contributed by atoms with Gasteiger partial charge in [-0.1, -0.05) is 0 Å². The van der Waals surface area contributed by atoms with Gasteiger partial charge in [-0.2, -0.15) is 0 Å². The van der Waals surface area contributed by atoms with Crippen LogP contribution < -0.4 is 0 Å². The van der Waals surface area contributed by atoms with Gasteiger partial charge in [0.15, 0.2) is 0 Å². The molecule has 1 amide bonds. The summed E-state index contributed by atoms with van der Waals surface area (Å²) in [6, 6.07) is 0. The van der Waals surface area contributed by atoms with Gasteiger partial charge in [0.05, 0.1) is 19.3 Å². The summed E-state index contributed by atoms with van der Waals surface area (Å²) in [5.74, 6) is 0.247. The van der Waals surface area contributed by atoms with E-state index in [1.165, 1.54) is 12.8 Å². The molecule has 0 bridgehead atoms. The summed E-state index contributed by atoms with van der Waals surface area (Å²) in [4.78, 5) is 15.7. The summed E-state index contributed by atoms with van der Waals surface area (Å²) in [7, 11) is 1.88. The Morgan fingerprint density at radius 3 is 2.59 bits per heavy atom. The molecule has 17 heavy (non-hydrogen) atoms. The van der Waals surface area contributed by atoms with Gasteiger partial charge in [-0.3, -0.25) is 9.69 Å². The molecule has 2 aliphatic rings. The van der Waals surface area contributed by atoms with Crippen molar-refractivity contribution in [3.05, 3.63) is 0 Å². The minimum atomic E-state index is 0.247. The Bertz CT molecular complexity index is 287. The minimum absolute atomic E-state index is 0.247. The van der Waals surface area contributed by atoms with Crippen LogP contribution in [-0.4, -0.2) is 61.6 Å². The maximum atomic E-state index is 11.6. The molecule has 0 aromatic rings. The summed E-state index contributed by atoms with van der Waals surface area (Å²) in [6.45, 7) is 8.49. The number of nitrogens with zero attached hydrogens (tertiary/aromatic N) is 2. The molecule has 0 unspecified atom stereocenters. The zero-order valence-electron chi connectivity index (χ0n) is 11.2. The van der Waals surface area contributed by atoms with E-state index in [2.05, 4.69) is 18.7 Å². The van der Waals surface area contributed by atoms with E-state index in [-0.39, 0.29) is 5.91 Å². The van der Waals surface area contributed by atoms with Gasteiger partial charge in [-0.15, -0.1) is 0 Å². The number of carbonyl (C=O) groups excluding carboxylic acids is 1. The van der Waals surface area contributed by atoms with Gasteiger partial charge in [0, 0.05) is 32.1 Å². The predicted molar refractivity (Wildman–Crippen MR) is 66.8 cm³/mol. The van der Waals surface area contributed by atoms with Gasteiger partial charge in [0.2, 0.25) is 5.91 Å². The van der Waals surface area contributed by atoms with Crippen molar-refractivity contribution in [3.8, 4) is 0 Å². The Labute approximate surface area is 104 Å². The molecule has 0 atom stereocenters. The average Bonchev–Trinajstić information content (AvgIpc) is 3.02. The van der Waals surface area contributed by atoms with Gasteiger partial charge in [-0.05, 0) is 26.7 Å². The first-order valence-electron chi connectivity index (χ1n) is 6.59. The zero-order valence-corrected chi connectivity index (χ0v) is 11.2. The first-order valence-corrected chi connectivity index (χ1v) is 6.59. The summed E-state index contributed by atoms with van der Waals surface area (Å²) in [5, 5.41) is 0. The SMILES string of the molecule is CC(C)OCC1(CN2CCN(C)C(=O)C2)CC1. The third-order valence-electron chi connectivity index (χ3n) is 3.78. The number of piperazine rings is 1. The number of rotatable bonds is 5. The molecule has 1 saturated carbocycles. The van der Waals surface area contributed by atoms with E-state index in [1.807, 2.05) is 11.9 Å². The quantitative estimate of drug-likeness (QED) is 0.718. The second-order valence-electron chi connectivity index (χ2n) is 5.89. The molecule has 1 saturated heterocycles. The fourth-order valence-electron chi connectivity index (χ4n) is 2.28. The molecule has 0 N–H and O–H groups in total. The van der Waals surface area contributed by atoms with Gasteiger partial charge in [0.1, 0.15) is 0 Å². The Kier molecular flexibility index (Phi) is 3.73. The Hall–Kier alpha value is -0.610. The molecule has 0 aromatic carbocycles. The van der Waals surface area contributed by atoms with Crippen LogP contribution >= 0.6 is 0 Å². The lowest BCUT2D eigenvalue weighted by Crippen LogP contribution is -2.50. The van der Waals surface area contributed by atoms with Crippen molar-refractivity contribution in [2.75, 3.05) is 39.8 Å². The summed E-state index contributed by atoms with van der Waals surface area (Å²) >= 11 is 0. The molecule has 2 fully saturated rings. The molecule has 1 aliphatic carbocycles. The van der Waals surface area contributed by atoms with E-state index in [9.17, 15) is 4.79 Å². The monoisotopic (exact) mass is 240 g/mol. The van der Waals surface area contributed by atoms with Crippen molar-refractivity contribution in [2.24, 2.45) is 5.41 Å². The summed E-state index contributed by atoms with van der Waals surface area (Å²) in [6.07, 6.45) is 2.81. The number of ether oxygens (including phenoxy) is 1. The summed E-state index contributed by atoms with van der Waals surface area (Å²) in [5.41, 5.74) is 0.348. The van der Waals surface area contributed by atoms with Crippen LogP contribution in [0.2, 0.25) is 0 Å². The minimum Gasteiger partial charge on any atom is -0.378 e. The molecular formula is C13H24N2O2. The standard InChI is InChI=1S/C13H24N2O2/c1-11(2)17-10-13(4-5-13)9-15-7-6-14(3)12(16)8-15/h11H,4-10H2,1-3H3. The first kappa shape index (κ1) is 12.8. The van der Waals surface area contributed by atoms with Crippen LogP contribution in [0.3, 0.4) is 0 Å². The second-order valence-corrected chi connectivity index (χ2v) is 5.89. The van der Waals surface area contributed by atoms with E-state index < -0.39 is 0 Å². The molecule has 98 valence electrons. The molecule has 4 nitrogen and oxygen atoms in total. The number of hydrogen-bond donors (Lipinski definition) is 0. The Morgan fingerprint density at radius 2 is 2.06 bits per heavy atom. The highest BCUT2D eigenvalue weighted by molar-refractivity contribution is 5.78. The van der Waals surface area contributed by atoms with Crippen LogP contribution in [0.4, 0.5) is 0 Å². The highest BCUT2D eigenvalue weighted by Crippen LogP contribution is 2.46. The van der Waals surface area contributed by atoms with Crippen molar-refractivity contribution in [2.45, 2.75) is 32.8 Å². The van der Waals surface area contributed by atoms with E-state index in [4.69, 9.17) is 4.74 Å². The van der Waals surface area contributed by atoms with Gasteiger partial charge in [-0.25, -0.2) is 0 Å². The van der Waals surface area contributed by atoms with Crippen molar-refractivity contribution in [3.63, 3.8) is 0 Å². The molecule has 4 heteroatoms. The number of hydrogen-bond acceptors (Lipinski definition) is 3. The van der Waals surface area contributed by atoms with E-state index >= 15 is 0 Å². The number of carbonyl (C=O) groups is 1. The topological polar surface area (TPSA) is 32.8 Å².